The second-order valence-electron chi connectivity index (χ2n) is 10.7. The van der Waals surface area contributed by atoms with E-state index >= 15 is 0 Å². The van der Waals surface area contributed by atoms with Gasteiger partial charge < -0.3 is 0 Å². The van der Waals surface area contributed by atoms with E-state index in [0.29, 0.717) is 5.56 Å². The third-order valence-electron chi connectivity index (χ3n) is 8.10. The van der Waals surface area contributed by atoms with Gasteiger partial charge in [0, 0.05) is 18.0 Å². The van der Waals surface area contributed by atoms with Crippen LogP contribution in [-0.4, -0.2) is 14.5 Å². The number of fused-ring (bicyclic) bond motifs is 3. The largest absolute Gasteiger partial charge is 0.292 e. The molecular weight excluding hydrogens is 524 g/mol. The number of nitriles is 1. The lowest BCUT2D eigenvalue weighted by atomic mass is 9.96. The summed E-state index contributed by atoms with van der Waals surface area (Å²) in [4.78, 5) is 9.27. The van der Waals surface area contributed by atoms with Crippen molar-refractivity contribution in [3.8, 4) is 45.4 Å². The second kappa shape index (κ2) is 10.1. The molecule has 4 nitrogen and oxygen atoms in total. The second-order valence-corrected chi connectivity index (χ2v) is 10.7. The highest BCUT2D eigenvalue weighted by molar-refractivity contribution is 5.95. The summed E-state index contributed by atoms with van der Waals surface area (Å²) >= 11 is 0. The Bertz CT molecular complexity index is 2340. The molecule has 0 aliphatic heterocycles. The SMILES string of the molecule is N#Cc1ccc(-c2ccc3ccc(-c4ccc5ccc(-c6nc7ccccc7n6-c6ccncc6)cc5c4)cc3c2)cc1. The zero-order chi connectivity index (χ0) is 28.8. The van der Waals surface area contributed by atoms with Gasteiger partial charge in [-0.15, -0.1) is 0 Å². The van der Waals surface area contributed by atoms with Crippen molar-refractivity contribution in [2.24, 2.45) is 0 Å². The van der Waals surface area contributed by atoms with Crippen molar-refractivity contribution in [1.82, 2.24) is 14.5 Å². The van der Waals surface area contributed by atoms with E-state index in [1.54, 1.807) is 0 Å². The molecule has 0 unspecified atom stereocenters. The summed E-state index contributed by atoms with van der Waals surface area (Å²) in [7, 11) is 0. The fourth-order valence-corrected chi connectivity index (χ4v) is 5.88. The lowest BCUT2D eigenvalue weighted by Crippen LogP contribution is -1.97. The maximum Gasteiger partial charge on any atom is 0.145 e. The molecular formula is C39H24N4. The Morgan fingerprint density at radius 1 is 0.512 bits per heavy atom. The van der Waals surface area contributed by atoms with E-state index in [1.165, 1.54) is 21.7 Å². The first-order valence-corrected chi connectivity index (χ1v) is 14.2. The molecule has 0 aliphatic carbocycles. The summed E-state index contributed by atoms with van der Waals surface area (Å²) in [5.74, 6) is 0.903. The molecule has 4 heteroatoms. The van der Waals surface area contributed by atoms with Crippen LogP contribution in [0.3, 0.4) is 0 Å². The van der Waals surface area contributed by atoms with Gasteiger partial charge in [-0.2, -0.15) is 5.26 Å². The van der Waals surface area contributed by atoms with Gasteiger partial charge in [0.05, 0.1) is 28.4 Å². The molecule has 200 valence electrons. The van der Waals surface area contributed by atoms with E-state index < -0.39 is 0 Å². The number of pyridine rings is 1. The molecule has 0 aliphatic rings. The van der Waals surface area contributed by atoms with Gasteiger partial charge in [-0.05, 0) is 104 Å². The molecule has 2 heterocycles. The Kier molecular flexibility index (Phi) is 5.80. The summed E-state index contributed by atoms with van der Waals surface area (Å²) in [5.41, 5.74) is 9.34. The molecule has 0 saturated heterocycles. The maximum atomic E-state index is 9.15. The lowest BCUT2D eigenvalue weighted by Gasteiger charge is -2.11. The Labute approximate surface area is 248 Å². The fourth-order valence-electron chi connectivity index (χ4n) is 5.88. The first-order chi connectivity index (χ1) is 21.2. The number of hydrogen-bond acceptors (Lipinski definition) is 3. The van der Waals surface area contributed by atoms with Crippen LogP contribution in [0.2, 0.25) is 0 Å². The van der Waals surface area contributed by atoms with Crippen LogP contribution in [0.25, 0.3) is 71.9 Å². The first kappa shape index (κ1) is 24.7. The minimum atomic E-state index is 0.668. The zero-order valence-corrected chi connectivity index (χ0v) is 23.1. The van der Waals surface area contributed by atoms with Gasteiger partial charge in [-0.3, -0.25) is 9.55 Å². The van der Waals surface area contributed by atoms with E-state index in [-0.39, 0.29) is 0 Å². The molecule has 8 aromatic rings. The van der Waals surface area contributed by atoms with Crippen LogP contribution in [0.1, 0.15) is 5.56 Å². The van der Waals surface area contributed by atoms with Gasteiger partial charge in [0.15, 0.2) is 0 Å². The summed E-state index contributed by atoms with van der Waals surface area (Å²) in [5, 5.41) is 13.9. The number of rotatable bonds is 4. The molecule has 0 bridgehead atoms. The number of aromatic nitrogens is 3. The third kappa shape index (κ3) is 4.41. The highest BCUT2D eigenvalue weighted by Gasteiger charge is 2.15. The highest BCUT2D eigenvalue weighted by atomic mass is 15.1. The van der Waals surface area contributed by atoms with Gasteiger partial charge >= 0.3 is 0 Å². The summed E-state index contributed by atoms with van der Waals surface area (Å²) < 4.78 is 2.21. The van der Waals surface area contributed by atoms with Crippen LogP contribution in [0.4, 0.5) is 0 Å². The maximum absolute atomic E-state index is 9.15. The molecule has 2 aromatic heterocycles. The number of para-hydroxylation sites is 2. The van der Waals surface area contributed by atoms with Gasteiger partial charge in [0.2, 0.25) is 0 Å². The van der Waals surface area contributed by atoms with Crippen LogP contribution in [0.5, 0.6) is 0 Å². The standard InChI is InChI=1S/C39H24N4/c40-25-26-5-7-27(8-6-26)30-13-9-28-10-14-31(22-34(28)21-30)32-15-11-29-12-16-33(24-35(29)23-32)39-42-37-3-1-2-4-38(37)43(39)36-17-19-41-20-18-36/h1-24H. The van der Waals surface area contributed by atoms with Crippen molar-refractivity contribution < 1.29 is 0 Å². The van der Waals surface area contributed by atoms with Gasteiger partial charge in [0.25, 0.3) is 0 Å². The van der Waals surface area contributed by atoms with E-state index in [4.69, 9.17) is 10.2 Å². The predicted molar refractivity (Wildman–Crippen MR) is 175 cm³/mol. The molecule has 0 atom stereocenters. The topological polar surface area (TPSA) is 54.5 Å². The molecule has 0 saturated carbocycles. The fraction of sp³-hybridized carbons (Fsp3) is 0. The van der Waals surface area contributed by atoms with Crippen molar-refractivity contribution in [1.29, 1.82) is 5.26 Å². The van der Waals surface area contributed by atoms with E-state index in [9.17, 15) is 0 Å². The molecule has 0 fully saturated rings. The van der Waals surface area contributed by atoms with Crippen LogP contribution < -0.4 is 0 Å². The number of hydrogen-bond donors (Lipinski definition) is 0. The lowest BCUT2D eigenvalue weighted by molar-refractivity contribution is 1.09. The average Bonchev–Trinajstić information content (AvgIpc) is 3.47. The summed E-state index contributed by atoms with van der Waals surface area (Å²) in [6, 6.07) is 48.6. The van der Waals surface area contributed by atoms with Crippen molar-refractivity contribution in [2.75, 3.05) is 0 Å². The molecule has 0 spiro atoms. The third-order valence-corrected chi connectivity index (χ3v) is 8.10. The predicted octanol–water partition coefficient (Wildman–Crippen LogP) is 9.60. The quantitative estimate of drug-likeness (QED) is 0.220. The summed E-state index contributed by atoms with van der Waals surface area (Å²) in [6.45, 7) is 0. The van der Waals surface area contributed by atoms with Crippen LogP contribution in [0, 0.1) is 11.3 Å². The Balaban J connectivity index is 1.22. The zero-order valence-electron chi connectivity index (χ0n) is 23.1. The molecule has 43 heavy (non-hydrogen) atoms. The number of imidazole rings is 1. The van der Waals surface area contributed by atoms with E-state index in [1.807, 2.05) is 54.9 Å². The molecule has 8 rings (SSSR count). The molecule has 0 radical (unpaired) electrons. The van der Waals surface area contributed by atoms with Gasteiger partial charge in [0.1, 0.15) is 5.82 Å². The summed E-state index contributed by atoms with van der Waals surface area (Å²) in [6.07, 6.45) is 3.63. The van der Waals surface area contributed by atoms with Crippen molar-refractivity contribution in [3.05, 3.63) is 151 Å². The van der Waals surface area contributed by atoms with Crippen LogP contribution in [0.15, 0.2) is 146 Å². The van der Waals surface area contributed by atoms with Crippen LogP contribution in [-0.2, 0) is 0 Å². The van der Waals surface area contributed by atoms with E-state index in [0.717, 1.165) is 50.2 Å². The Morgan fingerprint density at radius 2 is 1.05 bits per heavy atom. The molecule has 6 aromatic carbocycles. The number of benzene rings is 6. The Morgan fingerprint density at radius 3 is 1.67 bits per heavy atom. The van der Waals surface area contributed by atoms with Crippen molar-refractivity contribution in [3.63, 3.8) is 0 Å². The first-order valence-electron chi connectivity index (χ1n) is 14.2. The monoisotopic (exact) mass is 548 g/mol. The van der Waals surface area contributed by atoms with Crippen LogP contribution >= 0.6 is 0 Å². The normalized spacial score (nSPS) is 11.2. The highest BCUT2D eigenvalue weighted by Crippen LogP contribution is 2.33. The average molecular weight is 549 g/mol. The molecule has 0 amide bonds. The van der Waals surface area contributed by atoms with Crippen molar-refractivity contribution in [2.45, 2.75) is 0 Å². The smallest absolute Gasteiger partial charge is 0.145 e. The Hall–Kier alpha value is -6.05. The minimum absolute atomic E-state index is 0.668. The number of nitrogens with zero attached hydrogens (tertiary/aromatic N) is 4. The van der Waals surface area contributed by atoms with Gasteiger partial charge in [-0.1, -0.05) is 72.8 Å². The molecule has 0 N–H and O–H groups in total. The van der Waals surface area contributed by atoms with E-state index in [2.05, 4.69) is 107 Å². The van der Waals surface area contributed by atoms with Gasteiger partial charge in [-0.25, -0.2) is 4.98 Å². The van der Waals surface area contributed by atoms with Crippen molar-refractivity contribution >= 4 is 32.6 Å². The minimum Gasteiger partial charge on any atom is -0.292 e.